The van der Waals surface area contributed by atoms with Crippen molar-refractivity contribution in [1.29, 1.82) is 0 Å². The zero-order valence-corrected chi connectivity index (χ0v) is 14.4. The van der Waals surface area contributed by atoms with Crippen molar-refractivity contribution in [1.82, 2.24) is 10.9 Å². The maximum Gasteiger partial charge on any atom is 0.312 e. The van der Waals surface area contributed by atoms with Gasteiger partial charge in [0.25, 0.3) is 11.8 Å². The Morgan fingerprint density at radius 2 is 1.85 bits per heavy atom. The van der Waals surface area contributed by atoms with Gasteiger partial charge < -0.3 is 5.11 Å². The van der Waals surface area contributed by atoms with Gasteiger partial charge >= 0.3 is 5.69 Å². The van der Waals surface area contributed by atoms with E-state index in [0.29, 0.717) is 4.47 Å². The third-order valence-corrected chi connectivity index (χ3v) is 3.60. The van der Waals surface area contributed by atoms with Crippen molar-refractivity contribution in [3.8, 4) is 5.75 Å². The number of phenols is 1. The number of phenolic OH excluding ortho intramolecular Hbond substituents is 1. The van der Waals surface area contributed by atoms with Crippen LogP contribution in [0.5, 0.6) is 5.75 Å². The molecule has 0 atom stereocenters. The van der Waals surface area contributed by atoms with E-state index in [1.165, 1.54) is 35.8 Å². The Kier molecular flexibility index (Phi) is 5.98. The number of hydrogen-bond acceptors (Lipinski definition) is 7. The predicted molar refractivity (Wildman–Crippen MR) is 93.2 cm³/mol. The number of nitrogens with one attached hydrogen (secondary N) is 2. The number of amides is 2. The second-order valence-corrected chi connectivity index (χ2v) is 5.76. The lowest BCUT2D eigenvalue weighted by Crippen LogP contribution is -2.21. The molecule has 2 aromatic rings. The van der Waals surface area contributed by atoms with E-state index in [1.807, 2.05) is 0 Å². The highest BCUT2D eigenvalue weighted by Gasteiger charge is 2.17. The van der Waals surface area contributed by atoms with Gasteiger partial charge in [-0.2, -0.15) is 5.10 Å². The molecule has 134 valence electrons. The summed E-state index contributed by atoms with van der Waals surface area (Å²) in [5, 5.41) is 33.0. The molecular formula is C15H11BrN4O6. The summed E-state index contributed by atoms with van der Waals surface area (Å²) in [7, 11) is 0. The van der Waals surface area contributed by atoms with Crippen molar-refractivity contribution in [2.45, 2.75) is 0 Å². The molecule has 0 unspecified atom stereocenters. The van der Waals surface area contributed by atoms with Crippen LogP contribution in [0, 0.1) is 10.1 Å². The van der Waals surface area contributed by atoms with Gasteiger partial charge in [0.2, 0.25) is 5.75 Å². The van der Waals surface area contributed by atoms with Crippen molar-refractivity contribution in [2.75, 3.05) is 0 Å². The van der Waals surface area contributed by atoms with Crippen LogP contribution in [0.2, 0.25) is 0 Å². The van der Waals surface area contributed by atoms with Gasteiger partial charge in [0.15, 0.2) is 0 Å². The van der Waals surface area contributed by atoms with E-state index < -0.39 is 28.2 Å². The second-order valence-electron chi connectivity index (χ2n) is 4.84. The number of nitro benzene ring substituents is 1. The minimum atomic E-state index is -0.783. The van der Waals surface area contributed by atoms with Gasteiger partial charge in [0, 0.05) is 27.2 Å². The number of rotatable bonds is 5. The Bertz CT molecular complexity index is 915. The molecule has 10 nitrogen and oxygen atoms in total. The number of carbonyl (C=O) groups excluding carboxylic acids is 2. The number of aromatic hydroxyl groups is 1. The highest BCUT2D eigenvalue weighted by Crippen LogP contribution is 2.32. The molecule has 0 saturated carbocycles. The summed E-state index contributed by atoms with van der Waals surface area (Å²) in [6.45, 7) is 0. The van der Waals surface area contributed by atoms with Gasteiger partial charge in [-0.15, -0.1) is 0 Å². The molecule has 0 aromatic heterocycles. The van der Waals surface area contributed by atoms with Crippen LogP contribution in [-0.2, 0) is 0 Å². The van der Waals surface area contributed by atoms with Gasteiger partial charge in [-0.1, -0.05) is 22.0 Å². The van der Waals surface area contributed by atoms with Crippen molar-refractivity contribution in [2.24, 2.45) is 5.10 Å². The van der Waals surface area contributed by atoms with Crippen LogP contribution in [0.3, 0.4) is 0 Å². The lowest BCUT2D eigenvalue weighted by Gasteiger charge is -2.04. The number of hydrazone groups is 1. The van der Waals surface area contributed by atoms with Crippen molar-refractivity contribution >= 4 is 39.6 Å². The van der Waals surface area contributed by atoms with Gasteiger partial charge in [-0.3, -0.25) is 24.9 Å². The molecule has 0 aliphatic carbocycles. The standard InChI is InChI=1S/C15H11BrN4O6/c16-11-5-10(13(21)12(6-11)20(25)26)7-17-18-14(22)8-2-1-3-9(4-8)15(23)19-24/h1-7,21,24H,(H,18,22)(H,19,23)/b17-7+. The first-order valence-electron chi connectivity index (χ1n) is 6.88. The number of hydrogen-bond donors (Lipinski definition) is 4. The Morgan fingerprint density at radius 1 is 1.19 bits per heavy atom. The first-order valence-corrected chi connectivity index (χ1v) is 7.67. The minimum absolute atomic E-state index is 0.0137. The normalized spacial score (nSPS) is 10.5. The summed E-state index contributed by atoms with van der Waals surface area (Å²) in [5.74, 6) is -2.05. The maximum atomic E-state index is 12.0. The summed E-state index contributed by atoms with van der Waals surface area (Å²) < 4.78 is 0.345. The molecule has 11 heteroatoms. The molecule has 0 aliphatic heterocycles. The van der Waals surface area contributed by atoms with Gasteiger partial charge in [0.1, 0.15) is 0 Å². The molecule has 26 heavy (non-hydrogen) atoms. The number of carbonyl (C=O) groups is 2. The predicted octanol–water partition coefficient (Wildman–Crippen LogP) is 1.95. The maximum absolute atomic E-state index is 12.0. The molecule has 2 rings (SSSR count). The average Bonchev–Trinajstić information content (AvgIpc) is 2.63. The highest BCUT2D eigenvalue weighted by molar-refractivity contribution is 9.10. The zero-order valence-electron chi connectivity index (χ0n) is 12.8. The summed E-state index contributed by atoms with van der Waals surface area (Å²) in [5.41, 5.74) is 3.26. The third-order valence-electron chi connectivity index (χ3n) is 3.14. The van der Waals surface area contributed by atoms with Crippen LogP contribution < -0.4 is 10.9 Å². The minimum Gasteiger partial charge on any atom is -0.502 e. The largest absolute Gasteiger partial charge is 0.502 e. The molecule has 2 amide bonds. The monoisotopic (exact) mass is 422 g/mol. The Morgan fingerprint density at radius 3 is 2.46 bits per heavy atom. The van der Waals surface area contributed by atoms with Gasteiger partial charge in [0.05, 0.1) is 11.1 Å². The molecule has 2 aromatic carbocycles. The number of benzene rings is 2. The molecule has 0 spiro atoms. The van der Waals surface area contributed by atoms with Crippen LogP contribution in [0.25, 0.3) is 0 Å². The van der Waals surface area contributed by atoms with Crippen LogP contribution in [0.1, 0.15) is 26.3 Å². The first-order chi connectivity index (χ1) is 12.3. The topological polar surface area (TPSA) is 154 Å². The molecule has 0 radical (unpaired) electrons. The molecule has 0 heterocycles. The smallest absolute Gasteiger partial charge is 0.312 e. The Hall–Kier alpha value is -3.31. The van der Waals surface area contributed by atoms with Crippen LogP contribution in [-0.4, -0.2) is 33.3 Å². The fourth-order valence-electron chi connectivity index (χ4n) is 1.93. The van der Waals surface area contributed by atoms with Crippen LogP contribution >= 0.6 is 15.9 Å². The van der Waals surface area contributed by atoms with E-state index in [0.717, 1.165) is 12.3 Å². The zero-order chi connectivity index (χ0) is 19.3. The third kappa shape index (κ3) is 4.40. The summed E-state index contributed by atoms with van der Waals surface area (Å²) in [6, 6.07) is 7.99. The summed E-state index contributed by atoms with van der Waals surface area (Å²) in [4.78, 5) is 33.5. The SMILES string of the molecule is O=C(NO)c1cccc(C(=O)N/N=C/c2cc(Br)cc([N+](=O)[O-])c2O)c1. The van der Waals surface area contributed by atoms with E-state index >= 15 is 0 Å². The number of hydroxylamine groups is 1. The summed E-state index contributed by atoms with van der Waals surface area (Å²) in [6.07, 6.45) is 1.04. The molecule has 0 fully saturated rings. The number of nitro groups is 1. The average molecular weight is 423 g/mol. The number of halogens is 1. The van der Waals surface area contributed by atoms with E-state index in [2.05, 4.69) is 26.5 Å². The summed E-state index contributed by atoms with van der Waals surface area (Å²) >= 11 is 3.08. The first kappa shape index (κ1) is 19.0. The van der Waals surface area contributed by atoms with Crippen molar-refractivity contribution in [3.05, 3.63) is 67.7 Å². The Balaban J connectivity index is 2.18. The second kappa shape index (κ2) is 8.18. The molecule has 0 bridgehead atoms. The fraction of sp³-hybridized carbons (Fsp3) is 0. The van der Waals surface area contributed by atoms with E-state index in [9.17, 15) is 24.8 Å². The van der Waals surface area contributed by atoms with Crippen LogP contribution in [0.15, 0.2) is 46.0 Å². The molecule has 4 N–H and O–H groups in total. The molecule has 0 aliphatic rings. The van der Waals surface area contributed by atoms with Crippen molar-refractivity contribution in [3.63, 3.8) is 0 Å². The highest BCUT2D eigenvalue weighted by atomic mass is 79.9. The van der Waals surface area contributed by atoms with E-state index in [-0.39, 0.29) is 16.7 Å². The quantitative estimate of drug-likeness (QED) is 0.249. The number of nitrogens with zero attached hydrogens (tertiary/aromatic N) is 2. The molecule has 0 saturated heterocycles. The van der Waals surface area contributed by atoms with E-state index in [1.54, 1.807) is 0 Å². The van der Waals surface area contributed by atoms with Gasteiger partial charge in [-0.25, -0.2) is 10.9 Å². The lowest BCUT2D eigenvalue weighted by molar-refractivity contribution is -0.385. The molecular weight excluding hydrogens is 412 g/mol. The fourth-order valence-corrected chi connectivity index (χ4v) is 2.40. The van der Waals surface area contributed by atoms with Crippen LogP contribution in [0.4, 0.5) is 5.69 Å². The Labute approximate surface area is 154 Å². The van der Waals surface area contributed by atoms with Gasteiger partial charge in [-0.05, 0) is 24.3 Å². The van der Waals surface area contributed by atoms with Crippen molar-refractivity contribution < 1.29 is 24.8 Å². The lowest BCUT2D eigenvalue weighted by atomic mass is 10.1. The van der Waals surface area contributed by atoms with E-state index in [4.69, 9.17) is 5.21 Å².